The molecule has 0 radical (unpaired) electrons. The SMILES string of the molecule is C[C@@H]1OC(=O)C2=C1CS[C@@H]([C@@H](NC(=O)/C(=N/O)c1csc(N)n1)C(=O)O)N2. The van der Waals surface area contributed by atoms with E-state index in [0.717, 1.165) is 16.9 Å². The van der Waals surface area contributed by atoms with Crippen LogP contribution in [0.5, 0.6) is 0 Å². The standard InChI is InChI=1S/C14H15N5O6S2/c1-4-5-2-26-11(18-7(5)13(23)25-4)9(12(21)22)17-10(20)8(19-24)6-3-27-14(15)16-6/h3-4,9,11,18,24H,2H2,1H3,(H2,15,16)(H,17,20)(H,21,22)/b19-8+/t4-,9+,11-/m0/s1. The first-order valence-corrected chi connectivity index (χ1v) is 9.54. The summed E-state index contributed by atoms with van der Waals surface area (Å²) in [6.45, 7) is 1.73. The predicted octanol–water partition coefficient (Wildman–Crippen LogP) is -0.665. The number of oxime groups is 1. The normalized spacial score (nSPS) is 23.3. The number of carbonyl (C=O) groups excluding carboxylic acids is 2. The van der Waals surface area contributed by atoms with E-state index in [9.17, 15) is 19.5 Å². The van der Waals surface area contributed by atoms with Gasteiger partial charge in [0.2, 0.25) is 0 Å². The summed E-state index contributed by atoms with van der Waals surface area (Å²) < 4.78 is 5.10. The van der Waals surface area contributed by atoms with Gasteiger partial charge < -0.3 is 31.4 Å². The summed E-state index contributed by atoms with van der Waals surface area (Å²) in [5.41, 5.74) is 6.00. The van der Waals surface area contributed by atoms with E-state index in [1.807, 2.05) is 0 Å². The molecule has 3 atom stereocenters. The van der Waals surface area contributed by atoms with E-state index in [1.54, 1.807) is 6.92 Å². The Bertz CT molecular complexity index is 866. The van der Waals surface area contributed by atoms with Crippen LogP contribution >= 0.6 is 23.1 Å². The number of nitrogens with two attached hydrogens (primary N) is 1. The van der Waals surface area contributed by atoms with Gasteiger partial charge in [-0.15, -0.1) is 23.1 Å². The zero-order valence-electron chi connectivity index (χ0n) is 13.8. The van der Waals surface area contributed by atoms with Crippen molar-refractivity contribution in [3.63, 3.8) is 0 Å². The maximum Gasteiger partial charge on any atom is 0.355 e. The van der Waals surface area contributed by atoms with Gasteiger partial charge in [0.25, 0.3) is 5.91 Å². The van der Waals surface area contributed by atoms with Crippen molar-refractivity contribution in [1.29, 1.82) is 0 Å². The molecule has 11 nitrogen and oxygen atoms in total. The van der Waals surface area contributed by atoms with Crippen molar-refractivity contribution in [3.05, 3.63) is 22.3 Å². The fourth-order valence-electron chi connectivity index (χ4n) is 2.60. The van der Waals surface area contributed by atoms with Gasteiger partial charge in [0, 0.05) is 16.7 Å². The van der Waals surface area contributed by atoms with Crippen LogP contribution in [0.4, 0.5) is 5.13 Å². The van der Waals surface area contributed by atoms with Crippen LogP contribution in [0, 0.1) is 0 Å². The van der Waals surface area contributed by atoms with E-state index in [-0.39, 0.29) is 22.6 Å². The maximum absolute atomic E-state index is 12.4. The Hall–Kier alpha value is -2.80. The van der Waals surface area contributed by atoms with Crippen molar-refractivity contribution in [2.75, 3.05) is 11.5 Å². The number of rotatable bonds is 5. The lowest BCUT2D eigenvalue weighted by Gasteiger charge is -2.29. The summed E-state index contributed by atoms with van der Waals surface area (Å²) >= 11 is 2.24. The van der Waals surface area contributed by atoms with Crippen LogP contribution in [0.3, 0.4) is 0 Å². The smallest absolute Gasteiger partial charge is 0.355 e. The maximum atomic E-state index is 12.4. The summed E-state index contributed by atoms with van der Waals surface area (Å²) in [6.07, 6.45) is -0.380. The van der Waals surface area contributed by atoms with Gasteiger partial charge in [-0.25, -0.2) is 14.6 Å². The van der Waals surface area contributed by atoms with Crippen LogP contribution in [0.25, 0.3) is 0 Å². The van der Waals surface area contributed by atoms with Crippen molar-refractivity contribution in [3.8, 4) is 0 Å². The van der Waals surface area contributed by atoms with Crippen LogP contribution in [0.2, 0.25) is 0 Å². The molecule has 0 saturated carbocycles. The molecule has 2 aliphatic heterocycles. The van der Waals surface area contributed by atoms with Crippen molar-refractivity contribution in [2.45, 2.75) is 24.4 Å². The third kappa shape index (κ3) is 3.68. The van der Waals surface area contributed by atoms with Gasteiger partial charge in [-0.1, -0.05) is 5.16 Å². The third-order valence-corrected chi connectivity index (χ3v) is 5.84. The fourth-order valence-corrected chi connectivity index (χ4v) is 4.46. The molecule has 1 aromatic rings. The quantitative estimate of drug-likeness (QED) is 0.180. The molecule has 0 fully saturated rings. The lowest BCUT2D eigenvalue weighted by molar-refractivity contribution is -0.142. The van der Waals surface area contributed by atoms with Crippen LogP contribution in [-0.2, 0) is 19.1 Å². The first-order chi connectivity index (χ1) is 12.8. The minimum absolute atomic E-state index is 0.0177. The molecule has 0 spiro atoms. The van der Waals surface area contributed by atoms with Gasteiger partial charge in [0.1, 0.15) is 22.9 Å². The molecule has 1 aromatic heterocycles. The highest BCUT2D eigenvalue weighted by Crippen LogP contribution is 2.32. The van der Waals surface area contributed by atoms with Gasteiger partial charge in [-0.05, 0) is 6.92 Å². The van der Waals surface area contributed by atoms with Gasteiger partial charge in [-0.3, -0.25) is 4.79 Å². The Morgan fingerprint density at radius 3 is 2.89 bits per heavy atom. The molecular weight excluding hydrogens is 398 g/mol. The number of esters is 1. The molecule has 1 amide bonds. The van der Waals surface area contributed by atoms with Crippen LogP contribution in [-0.4, -0.2) is 62.1 Å². The summed E-state index contributed by atoms with van der Waals surface area (Å²) in [5, 5.41) is 27.4. The predicted molar refractivity (Wildman–Crippen MR) is 96.4 cm³/mol. The number of carbonyl (C=O) groups is 3. The van der Waals surface area contributed by atoms with Gasteiger partial charge in [0.05, 0.1) is 0 Å². The zero-order chi connectivity index (χ0) is 19.7. The number of aromatic nitrogens is 1. The Balaban J connectivity index is 1.77. The number of hydrogen-bond acceptors (Lipinski definition) is 11. The molecule has 13 heteroatoms. The Morgan fingerprint density at radius 2 is 2.30 bits per heavy atom. The van der Waals surface area contributed by atoms with Crippen molar-refractivity contribution < 1.29 is 29.4 Å². The Labute approximate surface area is 160 Å². The van der Waals surface area contributed by atoms with Crippen LogP contribution in [0.15, 0.2) is 21.8 Å². The summed E-state index contributed by atoms with van der Waals surface area (Å²) in [4.78, 5) is 39.8. The number of carboxylic acid groups (broad SMARTS) is 1. The molecule has 0 unspecified atom stereocenters. The number of thiazole rings is 1. The molecule has 144 valence electrons. The second-order valence-electron chi connectivity index (χ2n) is 5.63. The Morgan fingerprint density at radius 1 is 1.56 bits per heavy atom. The van der Waals surface area contributed by atoms with Gasteiger partial charge in [-0.2, -0.15) is 0 Å². The number of ether oxygens (including phenoxy) is 1. The number of carboxylic acids is 1. The van der Waals surface area contributed by atoms with Gasteiger partial charge >= 0.3 is 11.9 Å². The van der Waals surface area contributed by atoms with E-state index in [2.05, 4.69) is 20.8 Å². The number of nitrogens with zero attached hydrogens (tertiary/aromatic N) is 2. The number of cyclic esters (lactones) is 1. The van der Waals surface area contributed by atoms with Crippen LogP contribution < -0.4 is 16.4 Å². The molecule has 6 N–H and O–H groups in total. The topological polar surface area (TPSA) is 176 Å². The number of thioether (sulfide) groups is 1. The van der Waals surface area contributed by atoms with E-state index >= 15 is 0 Å². The van der Waals surface area contributed by atoms with E-state index in [1.165, 1.54) is 17.1 Å². The van der Waals surface area contributed by atoms with Crippen molar-refractivity contribution >= 4 is 51.8 Å². The number of amides is 1. The molecule has 0 aromatic carbocycles. The molecule has 0 saturated heterocycles. The molecule has 3 heterocycles. The Kier molecular flexibility index (Phi) is 5.23. The summed E-state index contributed by atoms with van der Waals surface area (Å²) in [5.74, 6) is -2.45. The van der Waals surface area contributed by atoms with Crippen LogP contribution in [0.1, 0.15) is 12.6 Å². The monoisotopic (exact) mass is 413 g/mol. The average molecular weight is 413 g/mol. The van der Waals surface area contributed by atoms with Crippen molar-refractivity contribution in [1.82, 2.24) is 15.6 Å². The number of nitrogen functional groups attached to an aromatic ring is 1. The lowest BCUT2D eigenvalue weighted by Crippen LogP contribution is -2.55. The van der Waals surface area contributed by atoms with E-state index < -0.39 is 35.0 Å². The minimum Gasteiger partial charge on any atom is -0.480 e. The highest BCUT2D eigenvalue weighted by molar-refractivity contribution is 8.00. The lowest BCUT2D eigenvalue weighted by atomic mass is 10.1. The number of hydrogen-bond donors (Lipinski definition) is 5. The molecule has 0 bridgehead atoms. The highest BCUT2D eigenvalue weighted by Gasteiger charge is 2.41. The largest absolute Gasteiger partial charge is 0.480 e. The van der Waals surface area contributed by atoms with Gasteiger partial charge in [0.15, 0.2) is 16.9 Å². The fraction of sp³-hybridized carbons (Fsp3) is 0.357. The zero-order valence-corrected chi connectivity index (χ0v) is 15.5. The van der Waals surface area contributed by atoms with Crippen molar-refractivity contribution in [2.24, 2.45) is 5.16 Å². The van der Waals surface area contributed by atoms with E-state index in [4.69, 9.17) is 15.7 Å². The average Bonchev–Trinajstić information content (AvgIpc) is 3.16. The highest BCUT2D eigenvalue weighted by atomic mass is 32.2. The third-order valence-electron chi connectivity index (χ3n) is 3.94. The molecular formula is C14H15N5O6S2. The molecule has 27 heavy (non-hydrogen) atoms. The molecule has 0 aliphatic carbocycles. The first-order valence-electron chi connectivity index (χ1n) is 7.61. The first kappa shape index (κ1) is 19.0. The molecule has 2 aliphatic rings. The number of aliphatic carboxylic acids is 1. The second-order valence-corrected chi connectivity index (χ2v) is 7.65. The second kappa shape index (κ2) is 7.44. The summed E-state index contributed by atoms with van der Waals surface area (Å²) in [6, 6.07) is -1.41. The number of anilines is 1. The summed E-state index contributed by atoms with van der Waals surface area (Å²) in [7, 11) is 0. The number of nitrogens with one attached hydrogen (secondary N) is 2. The minimum atomic E-state index is -1.41. The van der Waals surface area contributed by atoms with E-state index in [0.29, 0.717) is 5.75 Å². The molecule has 3 rings (SSSR count).